The van der Waals surface area contributed by atoms with Crippen LogP contribution in [0, 0.1) is 5.82 Å². The Bertz CT molecular complexity index is 524. The molecule has 0 unspecified atom stereocenters. The highest BCUT2D eigenvalue weighted by molar-refractivity contribution is 7.87. The highest BCUT2D eigenvalue weighted by Gasteiger charge is 2.47. The van der Waals surface area contributed by atoms with E-state index in [1.807, 2.05) is 0 Å². The number of ether oxygens (including phenoxy) is 1. The molecule has 4 nitrogen and oxygen atoms in total. The van der Waals surface area contributed by atoms with Crippen LogP contribution in [0.4, 0.5) is 17.6 Å². The second kappa shape index (κ2) is 5.11. The molecule has 0 saturated heterocycles. The van der Waals surface area contributed by atoms with Crippen LogP contribution in [0.25, 0.3) is 0 Å². The van der Waals surface area contributed by atoms with Crippen molar-refractivity contribution in [1.82, 2.24) is 0 Å². The summed E-state index contributed by atoms with van der Waals surface area (Å²) in [6.07, 6.45) is 0. The molecule has 1 aromatic carbocycles. The largest absolute Gasteiger partial charge is 0.523 e. The van der Waals surface area contributed by atoms with Crippen molar-refractivity contribution in [2.24, 2.45) is 0 Å². The second-order valence-electron chi connectivity index (χ2n) is 3.13. The normalized spacial score (nSPS) is 12.5. The first-order chi connectivity index (χ1) is 8.17. The number of alkyl halides is 3. The van der Waals surface area contributed by atoms with E-state index in [1.165, 1.54) is 13.2 Å². The molecule has 0 aliphatic carbocycles. The summed E-state index contributed by atoms with van der Waals surface area (Å²) in [6.45, 7) is -0.914. The van der Waals surface area contributed by atoms with Gasteiger partial charge < -0.3 is 4.74 Å². The van der Waals surface area contributed by atoms with Crippen LogP contribution >= 0.6 is 0 Å². The first-order valence-electron chi connectivity index (χ1n) is 4.45. The molecule has 0 amide bonds. The van der Waals surface area contributed by atoms with E-state index >= 15 is 0 Å². The van der Waals surface area contributed by atoms with Gasteiger partial charge in [0, 0.05) is 0 Å². The van der Waals surface area contributed by atoms with Gasteiger partial charge in [-0.3, -0.25) is 4.18 Å². The van der Waals surface area contributed by atoms with Gasteiger partial charge >= 0.3 is 15.6 Å². The summed E-state index contributed by atoms with van der Waals surface area (Å²) >= 11 is 0. The lowest BCUT2D eigenvalue weighted by Crippen LogP contribution is -2.25. The van der Waals surface area contributed by atoms with E-state index in [0.29, 0.717) is 0 Å². The van der Waals surface area contributed by atoms with Gasteiger partial charge in [0.25, 0.3) is 0 Å². The van der Waals surface area contributed by atoms with Crippen molar-refractivity contribution in [1.29, 1.82) is 0 Å². The number of benzene rings is 1. The van der Waals surface area contributed by atoms with Crippen LogP contribution in [0.15, 0.2) is 18.2 Å². The van der Waals surface area contributed by atoms with Crippen LogP contribution in [0.3, 0.4) is 0 Å². The van der Waals surface area contributed by atoms with Crippen molar-refractivity contribution in [3.63, 3.8) is 0 Å². The quantitative estimate of drug-likeness (QED) is 0.484. The highest BCUT2D eigenvalue weighted by atomic mass is 32.2. The second-order valence-corrected chi connectivity index (χ2v) is 4.74. The Hall–Kier alpha value is -1.35. The van der Waals surface area contributed by atoms with Gasteiger partial charge in [-0.05, 0) is 17.7 Å². The van der Waals surface area contributed by atoms with E-state index in [1.54, 1.807) is 0 Å². The Balaban J connectivity index is 2.79. The van der Waals surface area contributed by atoms with E-state index in [-0.39, 0.29) is 11.3 Å². The van der Waals surface area contributed by atoms with Gasteiger partial charge in [0.05, 0.1) is 13.7 Å². The van der Waals surface area contributed by atoms with Gasteiger partial charge in [0.15, 0.2) is 11.6 Å². The molecule has 0 radical (unpaired) electrons. The van der Waals surface area contributed by atoms with Crippen LogP contribution in [0.5, 0.6) is 5.75 Å². The molecule has 102 valence electrons. The topological polar surface area (TPSA) is 52.6 Å². The molecule has 0 aromatic heterocycles. The zero-order valence-corrected chi connectivity index (χ0v) is 9.81. The summed E-state index contributed by atoms with van der Waals surface area (Å²) in [6, 6.07) is 3.16. The van der Waals surface area contributed by atoms with Crippen LogP contribution in [0.1, 0.15) is 5.56 Å². The minimum Gasteiger partial charge on any atom is -0.494 e. The average Bonchev–Trinajstić information content (AvgIpc) is 2.25. The SMILES string of the molecule is COc1ccc(COS(=O)(=O)C(F)(F)F)cc1F. The maximum Gasteiger partial charge on any atom is 0.523 e. The number of hydrogen-bond acceptors (Lipinski definition) is 4. The number of halogens is 4. The van der Waals surface area contributed by atoms with E-state index in [2.05, 4.69) is 8.92 Å². The zero-order chi connectivity index (χ0) is 14.0. The van der Waals surface area contributed by atoms with E-state index in [0.717, 1.165) is 12.1 Å². The van der Waals surface area contributed by atoms with Crippen molar-refractivity contribution in [3.8, 4) is 5.75 Å². The predicted molar refractivity (Wildman–Crippen MR) is 52.7 cm³/mol. The molecule has 0 aliphatic rings. The first kappa shape index (κ1) is 14.7. The van der Waals surface area contributed by atoms with Gasteiger partial charge in [0.2, 0.25) is 0 Å². The van der Waals surface area contributed by atoms with E-state index in [4.69, 9.17) is 0 Å². The summed E-state index contributed by atoms with van der Waals surface area (Å²) in [7, 11) is -4.47. The smallest absolute Gasteiger partial charge is 0.494 e. The first-order valence-corrected chi connectivity index (χ1v) is 5.86. The maximum atomic E-state index is 13.2. The molecule has 0 aliphatic heterocycles. The minimum absolute atomic E-state index is 0.0684. The third-order valence-corrected chi connectivity index (χ3v) is 2.88. The van der Waals surface area contributed by atoms with E-state index < -0.39 is 28.1 Å². The molecular weight excluding hydrogens is 280 g/mol. The summed E-state index contributed by atoms with van der Waals surface area (Å²) in [5.41, 5.74) is -5.57. The molecule has 1 aromatic rings. The monoisotopic (exact) mass is 288 g/mol. The summed E-state index contributed by atoms with van der Waals surface area (Å²) in [5.74, 6) is -0.944. The van der Waals surface area contributed by atoms with Gasteiger partial charge in [0.1, 0.15) is 0 Å². The van der Waals surface area contributed by atoms with Crippen LogP contribution in [-0.4, -0.2) is 21.0 Å². The van der Waals surface area contributed by atoms with Crippen LogP contribution in [0.2, 0.25) is 0 Å². The predicted octanol–water partition coefficient (Wildman–Crippen LogP) is 2.20. The fourth-order valence-electron chi connectivity index (χ4n) is 1.01. The molecule has 0 N–H and O–H groups in total. The molecule has 18 heavy (non-hydrogen) atoms. The molecule has 0 heterocycles. The van der Waals surface area contributed by atoms with Crippen LogP contribution < -0.4 is 4.74 Å². The summed E-state index contributed by atoms with van der Waals surface area (Å²) in [4.78, 5) is 0. The minimum atomic E-state index is -5.68. The highest BCUT2D eigenvalue weighted by Crippen LogP contribution is 2.26. The van der Waals surface area contributed by atoms with Gasteiger partial charge in [-0.2, -0.15) is 21.6 Å². The molecule has 1 rings (SSSR count). The molecule has 0 atom stereocenters. The standard InChI is InChI=1S/C9H8F4O4S/c1-16-8-3-2-6(4-7(8)10)5-17-18(14,15)9(11,12)13/h2-4H,5H2,1H3. The molecule has 0 fully saturated rings. The third kappa shape index (κ3) is 3.33. The molecule has 0 spiro atoms. The summed E-state index contributed by atoms with van der Waals surface area (Å²) in [5, 5.41) is 0. The van der Waals surface area contributed by atoms with Crippen molar-refractivity contribution in [2.45, 2.75) is 12.1 Å². The summed E-state index contributed by atoms with van der Waals surface area (Å²) < 4.78 is 78.4. The zero-order valence-electron chi connectivity index (χ0n) is 8.99. The Morgan fingerprint density at radius 2 is 1.89 bits per heavy atom. The van der Waals surface area contributed by atoms with Crippen molar-refractivity contribution < 1.29 is 34.9 Å². The average molecular weight is 288 g/mol. The van der Waals surface area contributed by atoms with Gasteiger partial charge in [-0.15, -0.1) is 0 Å². The van der Waals surface area contributed by atoms with Gasteiger partial charge in [-0.25, -0.2) is 4.39 Å². The van der Waals surface area contributed by atoms with E-state index in [9.17, 15) is 26.0 Å². The number of methoxy groups -OCH3 is 1. The third-order valence-electron chi connectivity index (χ3n) is 1.88. The Morgan fingerprint density at radius 1 is 1.28 bits per heavy atom. The Morgan fingerprint density at radius 3 is 2.33 bits per heavy atom. The van der Waals surface area contributed by atoms with Gasteiger partial charge in [-0.1, -0.05) is 6.07 Å². The lowest BCUT2D eigenvalue weighted by molar-refractivity contribution is -0.0547. The molecule has 0 saturated carbocycles. The Kier molecular flexibility index (Phi) is 4.17. The number of hydrogen-bond donors (Lipinski definition) is 0. The maximum absolute atomic E-state index is 13.2. The van der Waals surface area contributed by atoms with Crippen molar-refractivity contribution in [2.75, 3.05) is 7.11 Å². The molecular formula is C9H8F4O4S. The lowest BCUT2D eigenvalue weighted by Gasteiger charge is -2.09. The Labute approximate surface area is 100 Å². The lowest BCUT2D eigenvalue weighted by atomic mass is 10.2. The van der Waals surface area contributed by atoms with Crippen molar-refractivity contribution in [3.05, 3.63) is 29.6 Å². The molecule has 9 heteroatoms. The fourth-order valence-corrected chi connectivity index (χ4v) is 1.44. The fraction of sp³-hybridized carbons (Fsp3) is 0.333. The number of rotatable bonds is 4. The molecule has 0 bridgehead atoms. The van der Waals surface area contributed by atoms with Crippen LogP contribution in [-0.2, 0) is 20.9 Å². The van der Waals surface area contributed by atoms with Crippen molar-refractivity contribution >= 4 is 10.1 Å².